The summed E-state index contributed by atoms with van der Waals surface area (Å²) in [5.74, 6) is 1.61. The molecule has 1 aliphatic heterocycles. The molecule has 2 aromatic rings. The first kappa shape index (κ1) is 15.9. The molecule has 0 saturated carbocycles. The number of methoxy groups -OCH3 is 1. The topological polar surface area (TPSA) is 30.5 Å². The third-order valence-electron chi connectivity index (χ3n) is 3.77. The van der Waals surface area contributed by atoms with Gasteiger partial charge >= 0.3 is 0 Å². The van der Waals surface area contributed by atoms with Gasteiger partial charge in [-0.3, -0.25) is 0 Å². The normalized spacial score (nSPS) is 14.8. The van der Waals surface area contributed by atoms with Gasteiger partial charge in [-0.25, -0.2) is 0 Å². The van der Waals surface area contributed by atoms with Crippen molar-refractivity contribution in [3.8, 4) is 11.5 Å². The molecule has 3 rings (SSSR count). The first-order valence-corrected chi connectivity index (χ1v) is 8.35. The lowest BCUT2D eigenvalue weighted by atomic mass is 10.00. The molecule has 3 nitrogen and oxygen atoms in total. The van der Waals surface area contributed by atoms with E-state index >= 15 is 0 Å². The van der Waals surface area contributed by atoms with E-state index in [9.17, 15) is 0 Å². The van der Waals surface area contributed by atoms with E-state index in [1.807, 2.05) is 38.1 Å². The third kappa shape index (κ3) is 3.53. The first-order valence-electron chi connectivity index (χ1n) is 7.56. The minimum Gasteiger partial charge on any atom is -0.492 e. The molecule has 0 bridgehead atoms. The summed E-state index contributed by atoms with van der Waals surface area (Å²) in [5, 5.41) is 3.42. The van der Waals surface area contributed by atoms with Crippen LogP contribution in [0.4, 0.5) is 5.69 Å². The summed E-state index contributed by atoms with van der Waals surface area (Å²) < 4.78 is 12.8. The van der Waals surface area contributed by atoms with Crippen molar-refractivity contribution in [1.29, 1.82) is 0 Å². The maximum atomic E-state index is 6.11. The van der Waals surface area contributed by atoms with Gasteiger partial charge in [0.15, 0.2) is 11.5 Å². The Balaban J connectivity index is 1.87. The van der Waals surface area contributed by atoms with Gasteiger partial charge in [-0.2, -0.15) is 0 Å². The molecule has 0 spiro atoms. The van der Waals surface area contributed by atoms with E-state index in [0.29, 0.717) is 6.54 Å². The number of anilines is 1. The van der Waals surface area contributed by atoms with E-state index in [-0.39, 0.29) is 5.60 Å². The van der Waals surface area contributed by atoms with Crippen LogP contribution < -0.4 is 14.8 Å². The number of ether oxygens (including phenoxy) is 2. The lowest BCUT2D eigenvalue weighted by molar-refractivity contribution is 0.152. The van der Waals surface area contributed by atoms with Crippen LogP contribution in [0.15, 0.2) is 46.9 Å². The molecular formula is C19H20BrNO2. The Morgan fingerprint density at radius 2 is 2.04 bits per heavy atom. The predicted octanol–water partition coefficient (Wildman–Crippen LogP) is 5.25. The Bertz CT molecular complexity index is 753. The van der Waals surface area contributed by atoms with Crippen molar-refractivity contribution in [2.45, 2.75) is 26.0 Å². The van der Waals surface area contributed by atoms with Crippen LogP contribution in [0.2, 0.25) is 0 Å². The fourth-order valence-corrected chi connectivity index (χ4v) is 3.00. The molecule has 1 heterocycles. The Morgan fingerprint density at radius 1 is 1.22 bits per heavy atom. The summed E-state index contributed by atoms with van der Waals surface area (Å²) in [7, 11) is 1.69. The van der Waals surface area contributed by atoms with Crippen LogP contribution in [0, 0.1) is 0 Å². The lowest BCUT2D eigenvalue weighted by Crippen LogP contribution is -2.28. The van der Waals surface area contributed by atoms with Crippen molar-refractivity contribution in [2.24, 2.45) is 0 Å². The summed E-state index contributed by atoms with van der Waals surface area (Å²) >= 11 is 3.49. The number of halogens is 1. The molecule has 0 aliphatic carbocycles. The van der Waals surface area contributed by atoms with E-state index in [1.54, 1.807) is 7.11 Å². The molecular weight excluding hydrogens is 354 g/mol. The lowest BCUT2D eigenvalue weighted by Gasteiger charge is -2.29. The average Bonchev–Trinajstić information content (AvgIpc) is 2.51. The zero-order chi connectivity index (χ0) is 16.4. The molecule has 120 valence electrons. The van der Waals surface area contributed by atoms with Crippen molar-refractivity contribution < 1.29 is 9.47 Å². The number of benzene rings is 2. The second kappa shape index (κ2) is 6.28. The van der Waals surface area contributed by atoms with Crippen LogP contribution in [-0.4, -0.2) is 12.7 Å². The van der Waals surface area contributed by atoms with E-state index < -0.39 is 0 Å². The van der Waals surface area contributed by atoms with Crippen molar-refractivity contribution >= 4 is 27.7 Å². The summed E-state index contributed by atoms with van der Waals surface area (Å²) in [6, 6.07) is 12.3. The zero-order valence-corrected chi connectivity index (χ0v) is 15.1. The minimum atomic E-state index is -0.323. The minimum absolute atomic E-state index is 0.323. The molecule has 0 saturated heterocycles. The SMILES string of the molecule is COc1c(CNc2cccc(Br)c2)ccc2c1OC(C)(C)C=C2. The van der Waals surface area contributed by atoms with Gasteiger partial charge in [-0.15, -0.1) is 0 Å². The average molecular weight is 374 g/mol. The molecule has 0 fully saturated rings. The van der Waals surface area contributed by atoms with Crippen LogP contribution in [-0.2, 0) is 6.54 Å². The van der Waals surface area contributed by atoms with Gasteiger partial charge in [0.05, 0.1) is 7.11 Å². The van der Waals surface area contributed by atoms with E-state index in [0.717, 1.165) is 32.8 Å². The molecule has 0 amide bonds. The van der Waals surface area contributed by atoms with Gasteiger partial charge in [-0.05, 0) is 38.1 Å². The van der Waals surface area contributed by atoms with Crippen molar-refractivity contribution in [1.82, 2.24) is 0 Å². The molecule has 0 aromatic heterocycles. The highest BCUT2D eigenvalue weighted by Gasteiger charge is 2.25. The van der Waals surface area contributed by atoms with Gasteiger partial charge in [0.1, 0.15) is 5.60 Å². The molecule has 2 aromatic carbocycles. The predicted molar refractivity (Wildman–Crippen MR) is 98.2 cm³/mol. The van der Waals surface area contributed by atoms with E-state index in [2.05, 4.69) is 45.5 Å². The number of hydrogen-bond donors (Lipinski definition) is 1. The summed E-state index contributed by atoms with van der Waals surface area (Å²) in [4.78, 5) is 0. The van der Waals surface area contributed by atoms with Crippen molar-refractivity contribution in [3.63, 3.8) is 0 Å². The second-order valence-corrected chi connectivity index (χ2v) is 6.99. The van der Waals surface area contributed by atoms with Crippen LogP contribution >= 0.6 is 15.9 Å². The fourth-order valence-electron chi connectivity index (χ4n) is 2.60. The number of fused-ring (bicyclic) bond motifs is 1. The molecule has 4 heteroatoms. The molecule has 0 atom stereocenters. The Kier molecular flexibility index (Phi) is 4.35. The van der Waals surface area contributed by atoms with Crippen molar-refractivity contribution in [2.75, 3.05) is 12.4 Å². The summed E-state index contributed by atoms with van der Waals surface area (Å²) in [6.07, 6.45) is 4.15. The molecule has 1 aliphatic rings. The maximum Gasteiger partial charge on any atom is 0.170 e. The summed E-state index contributed by atoms with van der Waals surface area (Å²) in [6.45, 7) is 4.75. The van der Waals surface area contributed by atoms with Gasteiger partial charge in [0.25, 0.3) is 0 Å². The Morgan fingerprint density at radius 3 is 2.78 bits per heavy atom. The molecule has 23 heavy (non-hydrogen) atoms. The van der Waals surface area contributed by atoms with Gasteiger partial charge in [0.2, 0.25) is 0 Å². The second-order valence-electron chi connectivity index (χ2n) is 6.08. The quantitative estimate of drug-likeness (QED) is 0.793. The van der Waals surface area contributed by atoms with Crippen LogP contribution in [0.3, 0.4) is 0 Å². The van der Waals surface area contributed by atoms with Gasteiger partial charge in [0, 0.05) is 27.8 Å². The number of hydrogen-bond acceptors (Lipinski definition) is 3. The number of rotatable bonds is 4. The summed E-state index contributed by atoms with van der Waals surface area (Å²) in [5.41, 5.74) is 2.85. The highest BCUT2D eigenvalue weighted by molar-refractivity contribution is 9.10. The monoisotopic (exact) mass is 373 g/mol. The van der Waals surface area contributed by atoms with E-state index in [1.165, 1.54) is 0 Å². The Hall–Kier alpha value is -1.94. The maximum absolute atomic E-state index is 6.11. The first-order chi connectivity index (χ1) is 11.0. The Labute approximate surface area is 145 Å². The number of nitrogens with one attached hydrogen (secondary N) is 1. The van der Waals surface area contributed by atoms with E-state index in [4.69, 9.17) is 9.47 Å². The zero-order valence-electron chi connectivity index (χ0n) is 13.5. The molecule has 0 unspecified atom stereocenters. The highest BCUT2D eigenvalue weighted by atomic mass is 79.9. The largest absolute Gasteiger partial charge is 0.492 e. The fraction of sp³-hybridized carbons (Fsp3) is 0.263. The van der Waals surface area contributed by atoms with Crippen molar-refractivity contribution in [3.05, 3.63) is 58.1 Å². The van der Waals surface area contributed by atoms with Crippen LogP contribution in [0.5, 0.6) is 11.5 Å². The smallest absolute Gasteiger partial charge is 0.170 e. The molecule has 0 radical (unpaired) electrons. The van der Waals surface area contributed by atoms with Gasteiger partial charge < -0.3 is 14.8 Å². The van der Waals surface area contributed by atoms with Crippen LogP contribution in [0.25, 0.3) is 6.08 Å². The standard InChI is InChI=1S/C19H20BrNO2/c1-19(2)10-9-13-7-8-14(17(22-3)18(13)23-19)12-21-16-6-4-5-15(20)11-16/h4-11,21H,12H2,1-3H3. The highest BCUT2D eigenvalue weighted by Crippen LogP contribution is 2.41. The molecule has 1 N–H and O–H groups in total. The van der Waals surface area contributed by atoms with Gasteiger partial charge in [-0.1, -0.05) is 40.2 Å². The third-order valence-corrected chi connectivity index (χ3v) is 4.26. The van der Waals surface area contributed by atoms with Crippen LogP contribution in [0.1, 0.15) is 25.0 Å².